The first kappa shape index (κ1) is 26.9. The molecule has 3 N–H and O–H groups in total. The molecule has 202 valence electrons. The zero-order valence-electron chi connectivity index (χ0n) is 21.9. The van der Waals surface area contributed by atoms with Crippen LogP contribution < -0.4 is 15.5 Å². The van der Waals surface area contributed by atoms with E-state index in [-0.39, 0.29) is 36.9 Å². The second-order valence-corrected chi connectivity index (χ2v) is 11.1. The Balaban J connectivity index is 1.48. The fourth-order valence-corrected chi connectivity index (χ4v) is 5.59. The number of fused-ring (bicyclic) bond motifs is 1. The molecule has 1 aliphatic carbocycles. The first-order valence-electron chi connectivity index (χ1n) is 13.2. The molecule has 0 radical (unpaired) electrons. The maximum Gasteiger partial charge on any atom is 0.407 e. The molecule has 4 rings (SSSR count). The standard InChI is InChI=1S/C27H38N4O6/c1-27(2,3)37-26(36)28-17-8-10-18(11-9-17)30(14-5-15-32)21-7-4-6-19-20(21)16-31(25(19)35)22-12-13-23(33)29-24(22)34/h4,6-7,17-18,22,32H,5,8-16H2,1-3H3,(H,28,36)(H,29,33,34). The number of ether oxygens (including phenoxy) is 1. The lowest BCUT2D eigenvalue weighted by Gasteiger charge is -2.39. The number of nitrogens with one attached hydrogen (secondary N) is 2. The molecule has 1 saturated carbocycles. The van der Waals surface area contributed by atoms with Crippen molar-refractivity contribution in [1.29, 1.82) is 0 Å². The van der Waals surface area contributed by atoms with Crippen LogP contribution in [0.4, 0.5) is 10.5 Å². The lowest BCUT2D eigenvalue weighted by atomic mass is 9.89. The summed E-state index contributed by atoms with van der Waals surface area (Å²) < 4.78 is 5.40. The Morgan fingerprint density at radius 1 is 1.16 bits per heavy atom. The third-order valence-corrected chi connectivity index (χ3v) is 7.28. The highest BCUT2D eigenvalue weighted by Crippen LogP contribution is 2.37. The summed E-state index contributed by atoms with van der Waals surface area (Å²) in [5, 5.41) is 14.9. The van der Waals surface area contributed by atoms with Crippen molar-refractivity contribution >= 4 is 29.5 Å². The molecular weight excluding hydrogens is 476 g/mol. The van der Waals surface area contributed by atoms with Crippen molar-refractivity contribution in [3.63, 3.8) is 0 Å². The number of nitrogens with zero attached hydrogens (tertiary/aromatic N) is 2. The van der Waals surface area contributed by atoms with Gasteiger partial charge in [-0.25, -0.2) is 4.79 Å². The molecule has 2 fully saturated rings. The molecule has 37 heavy (non-hydrogen) atoms. The van der Waals surface area contributed by atoms with Gasteiger partial charge in [-0.3, -0.25) is 19.7 Å². The Hall–Kier alpha value is -3.14. The maximum atomic E-state index is 13.3. The molecule has 10 nitrogen and oxygen atoms in total. The van der Waals surface area contributed by atoms with Gasteiger partial charge in [0.25, 0.3) is 5.91 Å². The number of hydrogen-bond acceptors (Lipinski definition) is 7. The van der Waals surface area contributed by atoms with E-state index in [2.05, 4.69) is 15.5 Å². The van der Waals surface area contributed by atoms with Crippen molar-refractivity contribution in [2.24, 2.45) is 0 Å². The number of aliphatic hydroxyl groups is 1. The van der Waals surface area contributed by atoms with Gasteiger partial charge in [0, 0.05) is 55.0 Å². The minimum absolute atomic E-state index is 0.0388. The van der Waals surface area contributed by atoms with Crippen molar-refractivity contribution in [3.8, 4) is 0 Å². The lowest BCUT2D eigenvalue weighted by molar-refractivity contribution is -0.136. The van der Waals surface area contributed by atoms with E-state index in [4.69, 9.17) is 4.74 Å². The molecule has 4 amide bonds. The second-order valence-electron chi connectivity index (χ2n) is 11.1. The Labute approximate surface area is 217 Å². The maximum absolute atomic E-state index is 13.3. The fourth-order valence-electron chi connectivity index (χ4n) is 5.59. The molecule has 0 bridgehead atoms. The minimum Gasteiger partial charge on any atom is -0.444 e. The van der Waals surface area contributed by atoms with Gasteiger partial charge in [-0.1, -0.05) is 6.07 Å². The van der Waals surface area contributed by atoms with Gasteiger partial charge in [-0.05, 0) is 71.4 Å². The van der Waals surface area contributed by atoms with Crippen LogP contribution in [-0.4, -0.2) is 70.7 Å². The molecule has 0 spiro atoms. The van der Waals surface area contributed by atoms with Crippen molar-refractivity contribution in [2.75, 3.05) is 18.1 Å². The summed E-state index contributed by atoms with van der Waals surface area (Å²) in [4.78, 5) is 53.4. The molecule has 1 saturated heterocycles. The van der Waals surface area contributed by atoms with Gasteiger partial charge in [0.1, 0.15) is 11.6 Å². The van der Waals surface area contributed by atoms with E-state index in [1.54, 1.807) is 11.0 Å². The van der Waals surface area contributed by atoms with Gasteiger partial charge >= 0.3 is 6.09 Å². The predicted octanol–water partition coefficient (Wildman–Crippen LogP) is 2.47. The van der Waals surface area contributed by atoms with Crippen LogP contribution in [0, 0.1) is 0 Å². The molecule has 2 aliphatic heterocycles. The molecule has 2 heterocycles. The van der Waals surface area contributed by atoms with E-state index < -0.39 is 23.6 Å². The average Bonchev–Trinajstić information content (AvgIpc) is 3.16. The highest BCUT2D eigenvalue weighted by Gasteiger charge is 2.41. The Morgan fingerprint density at radius 2 is 1.89 bits per heavy atom. The van der Waals surface area contributed by atoms with Crippen LogP contribution in [0.5, 0.6) is 0 Å². The molecular formula is C27H38N4O6. The van der Waals surface area contributed by atoms with Crippen molar-refractivity contribution in [1.82, 2.24) is 15.5 Å². The predicted molar refractivity (Wildman–Crippen MR) is 137 cm³/mol. The number of amides is 4. The van der Waals surface area contributed by atoms with E-state index in [9.17, 15) is 24.3 Å². The van der Waals surface area contributed by atoms with Crippen LogP contribution >= 0.6 is 0 Å². The number of benzene rings is 1. The Bertz CT molecular complexity index is 1040. The van der Waals surface area contributed by atoms with E-state index >= 15 is 0 Å². The highest BCUT2D eigenvalue weighted by atomic mass is 16.6. The third-order valence-electron chi connectivity index (χ3n) is 7.28. The summed E-state index contributed by atoms with van der Waals surface area (Å²) in [6.07, 6.45) is 4.02. The fraction of sp³-hybridized carbons (Fsp3) is 0.630. The monoisotopic (exact) mass is 514 g/mol. The molecule has 3 aliphatic rings. The highest BCUT2D eigenvalue weighted by molar-refractivity contribution is 6.06. The number of carbonyl (C=O) groups excluding carboxylic acids is 4. The van der Waals surface area contributed by atoms with E-state index in [0.29, 0.717) is 31.5 Å². The minimum atomic E-state index is -0.661. The number of aliphatic hydroxyl groups excluding tert-OH is 1. The Morgan fingerprint density at radius 3 is 2.54 bits per heavy atom. The topological polar surface area (TPSA) is 128 Å². The molecule has 1 aromatic carbocycles. The second kappa shape index (κ2) is 11.1. The number of piperidine rings is 1. The van der Waals surface area contributed by atoms with Gasteiger partial charge in [0.15, 0.2) is 0 Å². The van der Waals surface area contributed by atoms with Crippen LogP contribution in [0.15, 0.2) is 18.2 Å². The zero-order valence-corrected chi connectivity index (χ0v) is 21.9. The Kier molecular flexibility index (Phi) is 8.06. The number of rotatable bonds is 7. The average molecular weight is 515 g/mol. The number of imide groups is 1. The number of alkyl carbamates (subject to hydrolysis) is 1. The van der Waals surface area contributed by atoms with Crippen molar-refractivity contribution in [2.45, 2.75) is 96.0 Å². The molecule has 1 atom stereocenters. The van der Waals surface area contributed by atoms with Gasteiger partial charge in [0.05, 0.1) is 0 Å². The van der Waals surface area contributed by atoms with Gasteiger partial charge in [0.2, 0.25) is 11.8 Å². The van der Waals surface area contributed by atoms with Crippen molar-refractivity contribution < 1.29 is 29.0 Å². The van der Waals surface area contributed by atoms with E-state index in [0.717, 1.165) is 36.9 Å². The molecule has 10 heteroatoms. The molecule has 0 aromatic heterocycles. The lowest BCUT2D eigenvalue weighted by Crippen LogP contribution is -2.52. The number of anilines is 1. The normalized spacial score (nSPS) is 23.9. The van der Waals surface area contributed by atoms with E-state index in [1.807, 2.05) is 32.9 Å². The third kappa shape index (κ3) is 6.23. The first-order chi connectivity index (χ1) is 17.6. The van der Waals surface area contributed by atoms with Crippen LogP contribution in [0.25, 0.3) is 0 Å². The van der Waals surface area contributed by atoms with Crippen LogP contribution in [0.2, 0.25) is 0 Å². The van der Waals surface area contributed by atoms with Crippen LogP contribution in [0.3, 0.4) is 0 Å². The number of carbonyl (C=O) groups is 4. The van der Waals surface area contributed by atoms with Gasteiger partial charge in [-0.2, -0.15) is 0 Å². The summed E-state index contributed by atoms with van der Waals surface area (Å²) in [7, 11) is 0. The summed E-state index contributed by atoms with van der Waals surface area (Å²) >= 11 is 0. The van der Waals surface area contributed by atoms with E-state index in [1.165, 1.54) is 0 Å². The zero-order chi connectivity index (χ0) is 26.7. The molecule has 1 aromatic rings. The van der Waals surface area contributed by atoms with Gasteiger partial charge < -0.3 is 25.0 Å². The first-order valence-corrected chi connectivity index (χ1v) is 13.2. The largest absolute Gasteiger partial charge is 0.444 e. The summed E-state index contributed by atoms with van der Waals surface area (Å²) in [5.74, 6) is -0.927. The quantitative estimate of drug-likeness (QED) is 0.477. The molecule has 1 unspecified atom stereocenters. The van der Waals surface area contributed by atoms with Crippen molar-refractivity contribution in [3.05, 3.63) is 29.3 Å². The summed E-state index contributed by atoms with van der Waals surface area (Å²) in [6, 6.07) is 5.22. The van der Waals surface area contributed by atoms with Crippen LogP contribution in [-0.2, 0) is 20.9 Å². The summed E-state index contributed by atoms with van der Waals surface area (Å²) in [6.45, 7) is 6.52. The van der Waals surface area contributed by atoms with Gasteiger partial charge in [-0.15, -0.1) is 0 Å². The SMILES string of the molecule is CC(C)(C)OC(=O)NC1CCC(N(CCCO)c2cccc3c2CN(C2CCC(=O)NC2=O)C3=O)CC1. The smallest absolute Gasteiger partial charge is 0.407 e. The number of hydrogen-bond donors (Lipinski definition) is 3. The van der Waals surface area contributed by atoms with Crippen LogP contribution in [0.1, 0.15) is 81.6 Å². The summed E-state index contributed by atoms with van der Waals surface area (Å²) in [5.41, 5.74) is 1.85.